The van der Waals surface area contributed by atoms with E-state index in [0.717, 1.165) is 77.6 Å². The van der Waals surface area contributed by atoms with Gasteiger partial charge in [0.2, 0.25) is 0 Å². The van der Waals surface area contributed by atoms with E-state index in [0.29, 0.717) is 6.61 Å². The lowest BCUT2D eigenvalue weighted by Crippen LogP contribution is -2.39. The van der Waals surface area contributed by atoms with Crippen LogP contribution in [0.3, 0.4) is 0 Å². The molecule has 2 aliphatic rings. The summed E-state index contributed by atoms with van der Waals surface area (Å²) < 4.78 is 12.9. The SMILES string of the molecule is CC(CCc1ccccc1)Nc1nnnc2c1sc1nc(N3CCOCC3)c3c(c12)CC(C)(C)OC3. The number of pyridine rings is 1. The highest BCUT2D eigenvalue weighted by atomic mass is 32.1. The summed E-state index contributed by atoms with van der Waals surface area (Å²) in [6, 6.07) is 10.8. The molecule has 1 N–H and O–H groups in total. The monoisotopic (exact) mass is 504 g/mol. The van der Waals surface area contributed by atoms with Gasteiger partial charge >= 0.3 is 0 Å². The number of anilines is 2. The Bertz CT molecular complexity index is 1380. The summed E-state index contributed by atoms with van der Waals surface area (Å²) in [5.74, 6) is 1.81. The Labute approximate surface area is 215 Å². The zero-order chi connectivity index (χ0) is 24.7. The van der Waals surface area contributed by atoms with Gasteiger partial charge in [-0.1, -0.05) is 30.3 Å². The van der Waals surface area contributed by atoms with Crippen LogP contribution in [0.15, 0.2) is 30.3 Å². The summed E-state index contributed by atoms with van der Waals surface area (Å²) >= 11 is 1.66. The Morgan fingerprint density at radius 1 is 1.11 bits per heavy atom. The van der Waals surface area contributed by atoms with E-state index in [1.165, 1.54) is 16.7 Å². The summed E-state index contributed by atoms with van der Waals surface area (Å²) in [6.07, 6.45) is 2.82. The molecule has 0 radical (unpaired) electrons. The van der Waals surface area contributed by atoms with Crippen molar-refractivity contribution in [2.24, 2.45) is 0 Å². The van der Waals surface area contributed by atoms with Crippen LogP contribution in [0.5, 0.6) is 0 Å². The summed E-state index contributed by atoms with van der Waals surface area (Å²) in [7, 11) is 0. The fourth-order valence-corrected chi connectivity index (χ4v) is 6.26. The van der Waals surface area contributed by atoms with E-state index in [-0.39, 0.29) is 11.6 Å². The van der Waals surface area contributed by atoms with Crippen LogP contribution in [0.1, 0.15) is 43.9 Å². The molecule has 1 atom stereocenters. The molecule has 0 aliphatic carbocycles. The van der Waals surface area contributed by atoms with E-state index in [2.05, 4.69) is 76.7 Å². The van der Waals surface area contributed by atoms with Gasteiger partial charge in [0.1, 0.15) is 20.9 Å². The third kappa shape index (κ3) is 4.51. The van der Waals surface area contributed by atoms with Crippen molar-refractivity contribution in [1.29, 1.82) is 0 Å². The fourth-order valence-electron chi connectivity index (χ4n) is 5.18. The Morgan fingerprint density at radius 3 is 2.72 bits per heavy atom. The average molecular weight is 505 g/mol. The van der Waals surface area contributed by atoms with Gasteiger partial charge in [0.15, 0.2) is 5.82 Å². The Balaban J connectivity index is 1.39. The van der Waals surface area contributed by atoms with E-state index in [1.807, 2.05) is 0 Å². The topological polar surface area (TPSA) is 85.3 Å². The molecule has 4 aromatic rings. The highest BCUT2D eigenvalue weighted by molar-refractivity contribution is 7.26. The van der Waals surface area contributed by atoms with Gasteiger partial charge in [-0.15, -0.1) is 21.5 Å². The Morgan fingerprint density at radius 2 is 1.92 bits per heavy atom. The standard InChI is InChI=1S/C27H32N6O2S/c1-17(9-10-18-7-5-4-6-8-18)28-24-23-22(30-32-31-24)21-19-15-27(2,3)35-16-20(19)25(29-26(21)36-23)33-11-13-34-14-12-33/h4-8,17H,9-16H2,1-3H3,(H,28,30,31). The number of morpholine rings is 1. The average Bonchev–Trinajstić information content (AvgIpc) is 3.27. The summed E-state index contributed by atoms with van der Waals surface area (Å²) in [4.78, 5) is 8.51. The zero-order valence-electron chi connectivity index (χ0n) is 21.1. The molecule has 6 rings (SSSR count). The zero-order valence-corrected chi connectivity index (χ0v) is 21.9. The molecule has 0 saturated carbocycles. The summed E-state index contributed by atoms with van der Waals surface area (Å²) in [5.41, 5.74) is 4.44. The van der Waals surface area contributed by atoms with Crippen molar-refractivity contribution < 1.29 is 9.47 Å². The first kappa shape index (κ1) is 23.5. The molecule has 8 nitrogen and oxygen atoms in total. The molecule has 2 aliphatic heterocycles. The number of ether oxygens (including phenoxy) is 2. The summed E-state index contributed by atoms with van der Waals surface area (Å²) in [5, 5.41) is 17.8. The molecule has 1 aromatic carbocycles. The van der Waals surface area contributed by atoms with Crippen molar-refractivity contribution >= 4 is 43.4 Å². The third-order valence-corrected chi connectivity index (χ3v) is 8.20. The van der Waals surface area contributed by atoms with Crippen molar-refractivity contribution in [3.63, 3.8) is 0 Å². The lowest BCUT2D eigenvalue weighted by molar-refractivity contribution is -0.0396. The first-order valence-corrected chi connectivity index (χ1v) is 13.5. The minimum absolute atomic E-state index is 0.244. The molecule has 0 amide bonds. The Hall–Kier alpha value is -2.88. The van der Waals surface area contributed by atoms with Crippen molar-refractivity contribution in [3.05, 3.63) is 47.0 Å². The molecular weight excluding hydrogens is 472 g/mol. The van der Waals surface area contributed by atoms with Crippen LogP contribution in [-0.2, 0) is 28.9 Å². The smallest absolute Gasteiger partial charge is 0.170 e. The number of nitrogens with zero attached hydrogens (tertiary/aromatic N) is 5. The van der Waals surface area contributed by atoms with E-state index < -0.39 is 0 Å². The van der Waals surface area contributed by atoms with E-state index in [4.69, 9.17) is 14.5 Å². The number of hydrogen-bond acceptors (Lipinski definition) is 9. The second kappa shape index (κ2) is 9.53. The number of aromatic nitrogens is 4. The first-order valence-electron chi connectivity index (χ1n) is 12.7. The quantitative estimate of drug-likeness (QED) is 0.403. The van der Waals surface area contributed by atoms with Gasteiger partial charge in [-0.25, -0.2) is 4.98 Å². The van der Waals surface area contributed by atoms with Gasteiger partial charge in [-0.05, 0) is 50.0 Å². The maximum absolute atomic E-state index is 6.25. The number of nitrogens with one attached hydrogen (secondary N) is 1. The second-order valence-electron chi connectivity index (χ2n) is 10.4. The number of hydrogen-bond donors (Lipinski definition) is 1. The predicted octanol–water partition coefficient (Wildman–Crippen LogP) is 4.76. The van der Waals surface area contributed by atoms with Crippen molar-refractivity contribution in [2.75, 3.05) is 36.5 Å². The minimum atomic E-state index is -0.245. The van der Waals surface area contributed by atoms with Crippen molar-refractivity contribution in [2.45, 2.75) is 58.3 Å². The minimum Gasteiger partial charge on any atom is -0.378 e. The molecule has 3 aromatic heterocycles. The van der Waals surface area contributed by atoms with Gasteiger partial charge in [-0.2, -0.15) is 0 Å². The molecule has 188 valence electrons. The Kier molecular flexibility index (Phi) is 6.23. The second-order valence-corrected chi connectivity index (χ2v) is 11.4. The molecule has 9 heteroatoms. The molecule has 1 fully saturated rings. The van der Waals surface area contributed by atoms with Crippen molar-refractivity contribution in [3.8, 4) is 0 Å². The van der Waals surface area contributed by atoms with Crippen LogP contribution in [-0.4, -0.2) is 58.3 Å². The predicted molar refractivity (Wildman–Crippen MR) is 144 cm³/mol. The van der Waals surface area contributed by atoms with Gasteiger partial charge < -0.3 is 19.7 Å². The normalized spacial score (nSPS) is 18.4. The maximum atomic E-state index is 6.25. The molecule has 5 heterocycles. The van der Waals surface area contributed by atoms with Gasteiger partial charge in [0.25, 0.3) is 0 Å². The number of rotatable bonds is 6. The van der Waals surface area contributed by atoms with Gasteiger partial charge in [-0.3, -0.25) is 0 Å². The highest BCUT2D eigenvalue weighted by Gasteiger charge is 2.33. The molecule has 0 spiro atoms. The van der Waals surface area contributed by atoms with Crippen LogP contribution in [0.25, 0.3) is 20.4 Å². The highest BCUT2D eigenvalue weighted by Crippen LogP contribution is 2.44. The van der Waals surface area contributed by atoms with E-state index in [9.17, 15) is 0 Å². The lowest BCUT2D eigenvalue weighted by Gasteiger charge is -2.36. The number of benzene rings is 1. The van der Waals surface area contributed by atoms with Gasteiger partial charge in [0, 0.05) is 36.5 Å². The molecule has 1 saturated heterocycles. The van der Waals surface area contributed by atoms with Gasteiger partial charge in [0.05, 0.1) is 25.4 Å². The molecule has 36 heavy (non-hydrogen) atoms. The maximum Gasteiger partial charge on any atom is 0.170 e. The number of fused-ring (bicyclic) bond motifs is 5. The largest absolute Gasteiger partial charge is 0.378 e. The molecule has 0 bridgehead atoms. The van der Waals surface area contributed by atoms with Crippen LogP contribution in [0.2, 0.25) is 0 Å². The van der Waals surface area contributed by atoms with Crippen LogP contribution in [0.4, 0.5) is 11.6 Å². The number of thiophene rings is 1. The lowest BCUT2D eigenvalue weighted by atomic mass is 9.90. The van der Waals surface area contributed by atoms with Crippen molar-refractivity contribution in [1.82, 2.24) is 20.4 Å². The molecular formula is C27H32N6O2S. The fraction of sp³-hybridized carbons (Fsp3) is 0.481. The third-order valence-electron chi connectivity index (χ3n) is 7.12. The summed E-state index contributed by atoms with van der Waals surface area (Å²) in [6.45, 7) is 10.2. The number of aryl methyl sites for hydroxylation is 1. The van der Waals surface area contributed by atoms with Crippen LogP contribution < -0.4 is 10.2 Å². The van der Waals surface area contributed by atoms with E-state index >= 15 is 0 Å². The first-order chi connectivity index (χ1) is 17.5. The van der Waals surface area contributed by atoms with E-state index in [1.54, 1.807) is 11.3 Å². The van der Waals surface area contributed by atoms with Crippen LogP contribution in [0, 0.1) is 0 Å². The van der Waals surface area contributed by atoms with Crippen LogP contribution >= 0.6 is 11.3 Å². The molecule has 1 unspecified atom stereocenters.